The predicted molar refractivity (Wildman–Crippen MR) is 109 cm³/mol. The van der Waals surface area contributed by atoms with Crippen LogP contribution in [0.1, 0.15) is 32.8 Å². The van der Waals surface area contributed by atoms with Crippen LogP contribution in [0.5, 0.6) is 5.75 Å². The van der Waals surface area contributed by atoms with Gasteiger partial charge in [0.15, 0.2) is 0 Å². The highest BCUT2D eigenvalue weighted by atomic mass is 35.5. The maximum absolute atomic E-state index is 11.8. The normalized spacial score (nSPS) is 11.1. The number of carbonyl (C=O) groups excluding carboxylic acids is 1. The van der Waals surface area contributed by atoms with Crippen molar-refractivity contribution in [1.29, 1.82) is 0 Å². The van der Waals surface area contributed by atoms with Gasteiger partial charge in [0.1, 0.15) is 5.75 Å². The fourth-order valence-corrected chi connectivity index (χ4v) is 2.56. The van der Waals surface area contributed by atoms with Gasteiger partial charge in [-0.05, 0) is 47.7 Å². The smallest absolute Gasteiger partial charge is 0.319 e. The molecule has 0 spiro atoms. The van der Waals surface area contributed by atoms with E-state index in [2.05, 4.69) is 43.5 Å². The molecule has 26 heavy (non-hydrogen) atoms. The van der Waals surface area contributed by atoms with Crippen molar-refractivity contribution in [3.8, 4) is 5.75 Å². The second-order valence-electron chi connectivity index (χ2n) is 6.99. The predicted octanol–water partition coefficient (Wildman–Crippen LogP) is 5.88. The van der Waals surface area contributed by atoms with Gasteiger partial charge >= 0.3 is 6.03 Å². The number of anilines is 1. The van der Waals surface area contributed by atoms with Crippen LogP contribution in [0.4, 0.5) is 10.5 Å². The molecule has 2 rings (SSSR count). The van der Waals surface area contributed by atoms with E-state index in [1.807, 2.05) is 12.1 Å². The topological polar surface area (TPSA) is 50.4 Å². The van der Waals surface area contributed by atoms with Gasteiger partial charge in [-0.1, -0.05) is 56.1 Å². The van der Waals surface area contributed by atoms with Crippen molar-refractivity contribution >= 4 is 34.9 Å². The molecule has 2 aromatic rings. The van der Waals surface area contributed by atoms with E-state index < -0.39 is 0 Å². The Morgan fingerprint density at radius 3 is 2.35 bits per heavy atom. The van der Waals surface area contributed by atoms with E-state index in [9.17, 15) is 4.79 Å². The van der Waals surface area contributed by atoms with Crippen LogP contribution in [0.2, 0.25) is 10.0 Å². The summed E-state index contributed by atoms with van der Waals surface area (Å²) in [5.74, 6) is 0.832. The lowest BCUT2D eigenvalue weighted by Crippen LogP contribution is -2.30. The summed E-state index contributed by atoms with van der Waals surface area (Å²) in [4.78, 5) is 11.8. The van der Waals surface area contributed by atoms with Crippen LogP contribution < -0.4 is 15.4 Å². The molecule has 0 fully saturated rings. The Morgan fingerprint density at radius 1 is 1.04 bits per heavy atom. The van der Waals surface area contributed by atoms with Crippen LogP contribution in [0.3, 0.4) is 0 Å². The minimum absolute atomic E-state index is 0.129. The highest BCUT2D eigenvalue weighted by molar-refractivity contribution is 6.42. The average Bonchev–Trinajstić information content (AvgIpc) is 2.57. The zero-order valence-electron chi connectivity index (χ0n) is 15.2. The molecule has 140 valence electrons. The van der Waals surface area contributed by atoms with Crippen molar-refractivity contribution in [3.63, 3.8) is 0 Å². The number of urea groups is 1. The van der Waals surface area contributed by atoms with Crippen LogP contribution in [0, 0.1) is 0 Å². The molecule has 0 saturated carbocycles. The summed E-state index contributed by atoms with van der Waals surface area (Å²) >= 11 is 11.8. The van der Waals surface area contributed by atoms with Crippen LogP contribution in [0.15, 0.2) is 42.5 Å². The minimum atomic E-state index is -0.294. The Hall–Kier alpha value is -1.91. The van der Waals surface area contributed by atoms with Gasteiger partial charge in [-0.2, -0.15) is 0 Å². The highest BCUT2D eigenvalue weighted by Gasteiger charge is 2.12. The van der Waals surface area contributed by atoms with Gasteiger partial charge in [-0.25, -0.2) is 4.79 Å². The quantitative estimate of drug-likeness (QED) is 0.600. The molecule has 0 aliphatic carbocycles. The van der Waals surface area contributed by atoms with E-state index in [0.717, 1.165) is 5.75 Å². The van der Waals surface area contributed by atoms with Crippen LogP contribution in [0.25, 0.3) is 0 Å². The molecule has 6 heteroatoms. The number of nitrogens with one attached hydrogen (secondary N) is 2. The molecule has 0 bridgehead atoms. The maximum Gasteiger partial charge on any atom is 0.319 e. The Bertz CT molecular complexity index is 740. The van der Waals surface area contributed by atoms with Crippen molar-refractivity contribution in [2.24, 2.45) is 0 Å². The van der Waals surface area contributed by atoms with Crippen molar-refractivity contribution in [1.82, 2.24) is 5.32 Å². The third-order valence-electron chi connectivity index (χ3n) is 3.77. The van der Waals surface area contributed by atoms with Gasteiger partial charge in [0.2, 0.25) is 0 Å². The molecule has 2 N–H and O–H groups in total. The fraction of sp³-hybridized carbons (Fsp3) is 0.350. The average molecular weight is 395 g/mol. The zero-order valence-corrected chi connectivity index (χ0v) is 16.7. The van der Waals surface area contributed by atoms with Crippen LogP contribution in [-0.4, -0.2) is 19.2 Å². The number of rotatable bonds is 6. The lowest BCUT2D eigenvalue weighted by atomic mass is 9.87. The number of benzene rings is 2. The van der Waals surface area contributed by atoms with Gasteiger partial charge < -0.3 is 15.4 Å². The third-order valence-corrected chi connectivity index (χ3v) is 4.51. The number of hydrogen-bond acceptors (Lipinski definition) is 2. The second kappa shape index (κ2) is 9.15. The van der Waals surface area contributed by atoms with Gasteiger partial charge in [0.25, 0.3) is 0 Å². The molecule has 0 atom stereocenters. The molecular formula is C20H24Cl2N2O2. The first-order valence-corrected chi connectivity index (χ1v) is 9.24. The first-order chi connectivity index (χ1) is 12.3. The number of carbonyl (C=O) groups is 1. The Labute approximate surface area is 164 Å². The van der Waals surface area contributed by atoms with E-state index in [4.69, 9.17) is 27.9 Å². The monoisotopic (exact) mass is 394 g/mol. The molecule has 0 radical (unpaired) electrons. The molecule has 4 nitrogen and oxygen atoms in total. The molecule has 2 aromatic carbocycles. The van der Waals surface area contributed by atoms with Gasteiger partial charge in [-0.15, -0.1) is 0 Å². The molecule has 0 saturated heterocycles. The molecular weight excluding hydrogens is 371 g/mol. The summed E-state index contributed by atoms with van der Waals surface area (Å²) in [5, 5.41) is 6.33. The van der Waals surface area contributed by atoms with E-state index in [1.165, 1.54) is 5.56 Å². The van der Waals surface area contributed by atoms with Gasteiger partial charge in [0.05, 0.1) is 16.7 Å². The van der Waals surface area contributed by atoms with Gasteiger partial charge in [-0.3, -0.25) is 0 Å². The van der Waals surface area contributed by atoms with E-state index in [-0.39, 0.29) is 11.4 Å². The fourth-order valence-electron chi connectivity index (χ4n) is 2.26. The molecule has 0 heterocycles. The molecule has 0 unspecified atom stereocenters. The molecule has 0 aromatic heterocycles. The standard InChI is InChI=1S/C20H24Cl2N2O2/c1-20(2,3)14-5-8-16(9-6-14)26-12-4-11-23-19(25)24-15-7-10-17(21)18(22)13-15/h5-10,13H,4,11-12H2,1-3H3,(H2,23,24,25). The lowest BCUT2D eigenvalue weighted by Gasteiger charge is -2.19. The maximum atomic E-state index is 11.8. The van der Waals surface area contributed by atoms with Gasteiger partial charge in [0, 0.05) is 12.2 Å². The number of amides is 2. The number of ether oxygens (including phenoxy) is 1. The summed E-state index contributed by atoms with van der Waals surface area (Å²) in [6, 6.07) is 12.8. The van der Waals surface area contributed by atoms with Crippen LogP contribution in [-0.2, 0) is 5.41 Å². The summed E-state index contributed by atoms with van der Waals surface area (Å²) in [6.45, 7) is 7.57. The number of halogens is 2. The zero-order chi connectivity index (χ0) is 19.2. The summed E-state index contributed by atoms with van der Waals surface area (Å²) in [7, 11) is 0. The molecule has 2 amide bonds. The van der Waals surface area contributed by atoms with Crippen molar-refractivity contribution in [3.05, 3.63) is 58.1 Å². The summed E-state index contributed by atoms with van der Waals surface area (Å²) < 4.78 is 5.70. The Kier molecular flexibility index (Phi) is 7.18. The largest absolute Gasteiger partial charge is 0.494 e. The van der Waals surface area contributed by atoms with Crippen molar-refractivity contribution < 1.29 is 9.53 Å². The minimum Gasteiger partial charge on any atom is -0.494 e. The second-order valence-corrected chi connectivity index (χ2v) is 7.80. The van der Waals surface area contributed by atoms with Crippen LogP contribution >= 0.6 is 23.2 Å². The van der Waals surface area contributed by atoms with E-state index in [0.29, 0.717) is 35.3 Å². The third kappa shape index (κ3) is 6.43. The Morgan fingerprint density at radius 2 is 1.73 bits per heavy atom. The SMILES string of the molecule is CC(C)(C)c1ccc(OCCCNC(=O)Nc2ccc(Cl)c(Cl)c2)cc1. The lowest BCUT2D eigenvalue weighted by molar-refractivity contribution is 0.250. The number of hydrogen-bond donors (Lipinski definition) is 2. The van der Waals surface area contributed by atoms with Crippen molar-refractivity contribution in [2.75, 3.05) is 18.5 Å². The van der Waals surface area contributed by atoms with E-state index in [1.54, 1.807) is 18.2 Å². The first kappa shape index (κ1) is 20.4. The first-order valence-electron chi connectivity index (χ1n) is 8.49. The highest BCUT2D eigenvalue weighted by Crippen LogP contribution is 2.25. The summed E-state index contributed by atoms with van der Waals surface area (Å²) in [6.07, 6.45) is 0.704. The summed E-state index contributed by atoms with van der Waals surface area (Å²) in [5.41, 5.74) is 1.99. The van der Waals surface area contributed by atoms with Crippen molar-refractivity contribution in [2.45, 2.75) is 32.6 Å². The van der Waals surface area contributed by atoms with E-state index >= 15 is 0 Å². The molecule has 0 aliphatic rings. The Balaban J connectivity index is 1.67. The molecule has 0 aliphatic heterocycles.